The molecule has 1 saturated carbocycles. The van der Waals surface area contributed by atoms with Gasteiger partial charge in [-0.1, -0.05) is 19.8 Å². The maximum atomic E-state index is 12.9. The summed E-state index contributed by atoms with van der Waals surface area (Å²) in [5, 5.41) is 2.88. The maximum Gasteiger partial charge on any atom is 0.325 e. The van der Waals surface area contributed by atoms with Crippen LogP contribution < -0.4 is 5.32 Å². The summed E-state index contributed by atoms with van der Waals surface area (Å²) in [4.78, 5) is 40.8. The Morgan fingerprint density at radius 1 is 1.39 bits per heavy atom. The third-order valence-electron chi connectivity index (χ3n) is 5.14. The van der Waals surface area contributed by atoms with Crippen molar-refractivity contribution in [2.45, 2.75) is 52.0 Å². The van der Waals surface area contributed by atoms with E-state index in [1.165, 1.54) is 0 Å². The van der Waals surface area contributed by atoms with E-state index in [2.05, 4.69) is 5.32 Å². The smallest absolute Gasteiger partial charge is 0.323 e. The van der Waals surface area contributed by atoms with Crippen molar-refractivity contribution < 1.29 is 14.4 Å². The van der Waals surface area contributed by atoms with E-state index in [0.29, 0.717) is 12.0 Å². The molecule has 0 radical (unpaired) electrons. The lowest BCUT2D eigenvalue weighted by Crippen LogP contribution is -2.54. The Hall–Kier alpha value is -1.69. The molecule has 1 aliphatic carbocycles. The molecule has 2 atom stereocenters. The molecule has 5 nitrogen and oxygen atoms in total. The number of carbonyl (C=O) groups excluding carboxylic acids is 3. The van der Waals surface area contributed by atoms with Gasteiger partial charge in [-0.25, -0.2) is 4.79 Å². The Kier molecular flexibility index (Phi) is 4.04. The number of nitrogens with zero attached hydrogens (tertiary/aromatic N) is 1. The van der Waals surface area contributed by atoms with Crippen molar-refractivity contribution in [1.82, 2.24) is 10.2 Å². The Balaban J connectivity index is 1.81. The zero-order valence-electron chi connectivity index (χ0n) is 13.8. The van der Waals surface area contributed by atoms with Crippen LogP contribution in [-0.2, 0) is 4.79 Å². The number of Topliss-reactive ketones (excluding diaryl/α,β-unsaturated/α-hetero) is 1. The van der Waals surface area contributed by atoms with Gasteiger partial charge in [0.25, 0.3) is 5.91 Å². The van der Waals surface area contributed by atoms with E-state index in [9.17, 15) is 14.4 Å². The fraction of sp³-hybridized carbons (Fsp3) is 0.588. The number of carbonyl (C=O) groups is 3. The fourth-order valence-corrected chi connectivity index (χ4v) is 4.72. The van der Waals surface area contributed by atoms with Gasteiger partial charge in [0, 0.05) is 15.3 Å². The van der Waals surface area contributed by atoms with Gasteiger partial charge in [-0.05, 0) is 38.7 Å². The van der Waals surface area contributed by atoms with Gasteiger partial charge in [0.15, 0.2) is 5.78 Å². The van der Waals surface area contributed by atoms with Crippen molar-refractivity contribution in [3.8, 4) is 0 Å². The molecule has 1 N–H and O–H groups in total. The van der Waals surface area contributed by atoms with E-state index in [0.717, 1.165) is 33.9 Å². The van der Waals surface area contributed by atoms with Crippen molar-refractivity contribution in [3.63, 3.8) is 0 Å². The second kappa shape index (κ2) is 5.74. The lowest BCUT2D eigenvalue weighted by atomic mass is 9.73. The molecule has 1 saturated heterocycles. The van der Waals surface area contributed by atoms with Gasteiger partial charge in [0.1, 0.15) is 5.54 Å². The maximum absolute atomic E-state index is 12.9. The minimum atomic E-state index is -0.796. The molecule has 6 heteroatoms. The van der Waals surface area contributed by atoms with Crippen LogP contribution in [0.25, 0.3) is 0 Å². The first-order valence-corrected chi connectivity index (χ1v) is 8.91. The second-order valence-electron chi connectivity index (χ2n) is 6.69. The average Bonchev–Trinajstić information content (AvgIpc) is 2.95. The van der Waals surface area contributed by atoms with E-state index >= 15 is 0 Å². The number of urea groups is 1. The lowest BCUT2D eigenvalue weighted by molar-refractivity contribution is -0.133. The average molecular weight is 334 g/mol. The van der Waals surface area contributed by atoms with Crippen molar-refractivity contribution in [3.05, 3.63) is 21.4 Å². The summed E-state index contributed by atoms with van der Waals surface area (Å²) in [5.74, 6) is -0.290. The van der Waals surface area contributed by atoms with Gasteiger partial charge >= 0.3 is 6.03 Å². The fourth-order valence-electron chi connectivity index (χ4n) is 3.78. The number of hydrogen-bond acceptors (Lipinski definition) is 4. The molecule has 3 rings (SSSR count). The number of hydrogen-bond donors (Lipinski definition) is 1. The molecule has 1 aromatic heterocycles. The van der Waals surface area contributed by atoms with Crippen LogP contribution in [0.1, 0.15) is 52.7 Å². The number of nitrogens with one attached hydrogen (secondary N) is 1. The number of amides is 3. The third-order valence-corrected chi connectivity index (χ3v) is 6.11. The molecule has 1 aliphatic heterocycles. The number of imide groups is 1. The monoisotopic (exact) mass is 334 g/mol. The zero-order chi connectivity index (χ0) is 16.8. The normalized spacial score (nSPS) is 27.6. The summed E-state index contributed by atoms with van der Waals surface area (Å²) >= 11 is 1.55. The summed E-state index contributed by atoms with van der Waals surface area (Å²) < 4.78 is 0. The standard InChI is InChI=1S/C17H22N2O3S/c1-10-6-4-5-7-17(10)15(21)19(16(22)18-17)9-14(20)13-8-11(2)23-12(13)3/h8,10H,4-7,9H2,1-3H3,(H,18,22)/t10-,17+/m1/s1. The van der Waals surface area contributed by atoms with Crippen LogP contribution in [0, 0.1) is 19.8 Å². The van der Waals surface area contributed by atoms with Crippen LogP contribution in [0.3, 0.4) is 0 Å². The molecule has 0 unspecified atom stereocenters. The first-order chi connectivity index (χ1) is 10.8. The summed E-state index contributed by atoms with van der Waals surface area (Å²) in [6.07, 6.45) is 3.61. The van der Waals surface area contributed by atoms with E-state index in [1.54, 1.807) is 11.3 Å². The molecule has 3 amide bonds. The summed E-state index contributed by atoms with van der Waals surface area (Å²) in [7, 11) is 0. The Morgan fingerprint density at radius 3 is 2.74 bits per heavy atom. The van der Waals surface area contributed by atoms with Gasteiger partial charge < -0.3 is 5.32 Å². The van der Waals surface area contributed by atoms with Gasteiger partial charge in [-0.3, -0.25) is 14.5 Å². The first kappa shape index (κ1) is 16.2. The van der Waals surface area contributed by atoms with Crippen LogP contribution in [-0.4, -0.2) is 34.7 Å². The number of ketones is 1. The predicted molar refractivity (Wildman–Crippen MR) is 88.7 cm³/mol. The Bertz CT molecular complexity index is 681. The predicted octanol–water partition coefficient (Wildman–Crippen LogP) is 3.05. The number of aryl methyl sites for hydroxylation is 2. The van der Waals surface area contributed by atoms with E-state index in [-0.39, 0.29) is 24.2 Å². The molecule has 23 heavy (non-hydrogen) atoms. The van der Waals surface area contributed by atoms with E-state index in [4.69, 9.17) is 0 Å². The lowest BCUT2D eigenvalue weighted by Gasteiger charge is -2.36. The molecule has 0 aromatic carbocycles. The molecule has 2 fully saturated rings. The molecule has 2 heterocycles. The minimum absolute atomic E-state index is 0.109. The van der Waals surface area contributed by atoms with Crippen LogP contribution in [0.2, 0.25) is 0 Å². The number of thiophene rings is 1. The highest BCUT2D eigenvalue weighted by atomic mass is 32.1. The molecule has 124 valence electrons. The summed E-state index contributed by atoms with van der Waals surface area (Å²) in [5.41, 5.74) is -0.180. The summed E-state index contributed by atoms with van der Waals surface area (Å²) in [6, 6.07) is 1.40. The minimum Gasteiger partial charge on any atom is -0.323 e. The second-order valence-corrected chi connectivity index (χ2v) is 8.15. The highest BCUT2D eigenvalue weighted by Gasteiger charge is 2.55. The Labute approximate surface area is 140 Å². The van der Waals surface area contributed by atoms with Crippen molar-refractivity contribution in [2.24, 2.45) is 5.92 Å². The SMILES string of the molecule is Cc1cc(C(=O)CN2C(=O)N[C@]3(CCCC[C@H]3C)C2=O)c(C)s1. The van der Waals surface area contributed by atoms with Gasteiger partial charge in [0.05, 0.1) is 6.54 Å². The summed E-state index contributed by atoms with van der Waals surface area (Å²) in [6.45, 7) is 5.67. The highest BCUT2D eigenvalue weighted by molar-refractivity contribution is 7.12. The number of rotatable bonds is 3. The Morgan fingerprint density at radius 2 is 2.13 bits per heavy atom. The van der Waals surface area contributed by atoms with E-state index in [1.807, 2.05) is 26.8 Å². The van der Waals surface area contributed by atoms with Crippen molar-refractivity contribution >= 4 is 29.1 Å². The molecule has 1 aromatic rings. The topological polar surface area (TPSA) is 66.5 Å². The van der Waals surface area contributed by atoms with Crippen molar-refractivity contribution in [1.29, 1.82) is 0 Å². The molecular weight excluding hydrogens is 312 g/mol. The molecular formula is C17H22N2O3S. The van der Waals surface area contributed by atoms with Gasteiger partial charge in [-0.15, -0.1) is 11.3 Å². The van der Waals surface area contributed by atoms with E-state index < -0.39 is 11.6 Å². The quantitative estimate of drug-likeness (QED) is 0.682. The van der Waals surface area contributed by atoms with Crippen molar-refractivity contribution in [2.75, 3.05) is 6.54 Å². The van der Waals surface area contributed by atoms with Gasteiger partial charge in [0.2, 0.25) is 0 Å². The van der Waals surface area contributed by atoms with Crippen LogP contribution >= 0.6 is 11.3 Å². The molecule has 1 spiro atoms. The van der Waals surface area contributed by atoms with Crippen LogP contribution in [0.5, 0.6) is 0 Å². The largest absolute Gasteiger partial charge is 0.325 e. The van der Waals surface area contributed by atoms with Gasteiger partial charge in [-0.2, -0.15) is 0 Å². The first-order valence-electron chi connectivity index (χ1n) is 8.09. The third kappa shape index (κ3) is 2.59. The van der Waals surface area contributed by atoms with Crippen LogP contribution in [0.15, 0.2) is 6.07 Å². The van der Waals surface area contributed by atoms with Crippen LogP contribution in [0.4, 0.5) is 4.79 Å². The zero-order valence-corrected chi connectivity index (χ0v) is 14.6. The molecule has 0 bridgehead atoms. The highest BCUT2D eigenvalue weighted by Crippen LogP contribution is 2.38. The molecule has 2 aliphatic rings.